The molecule has 2 N–H and O–H groups in total. The lowest BCUT2D eigenvalue weighted by molar-refractivity contribution is 0.0461. The normalized spacial score (nSPS) is 12.6. The van der Waals surface area contributed by atoms with Gasteiger partial charge in [0.2, 0.25) is 0 Å². The molecule has 148 valence electrons. The van der Waals surface area contributed by atoms with E-state index in [-0.39, 0.29) is 12.6 Å². The summed E-state index contributed by atoms with van der Waals surface area (Å²) < 4.78 is 17.1. The number of ether oxygens (including phenoxy) is 3. The minimum atomic E-state index is -0.538. The monoisotopic (exact) mass is 431 g/mol. The summed E-state index contributed by atoms with van der Waals surface area (Å²) in [7, 11) is 1.60. The van der Waals surface area contributed by atoms with Gasteiger partial charge in [-0.3, -0.25) is 0 Å². The van der Waals surface area contributed by atoms with E-state index in [2.05, 4.69) is 21.2 Å². The number of aliphatic hydroxyl groups is 1. The van der Waals surface area contributed by atoms with Crippen molar-refractivity contribution in [2.45, 2.75) is 58.8 Å². The van der Waals surface area contributed by atoms with Crippen molar-refractivity contribution in [1.29, 1.82) is 0 Å². The van der Waals surface area contributed by atoms with Gasteiger partial charge in [-0.2, -0.15) is 0 Å². The van der Waals surface area contributed by atoms with Gasteiger partial charge in [-0.15, -0.1) is 0 Å². The maximum Gasteiger partial charge on any atom is 0.407 e. The number of carbonyl (C=O) groups is 1. The van der Waals surface area contributed by atoms with E-state index in [0.717, 1.165) is 22.0 Å². The molecule has 0 fully saturated rings. The van der Waals surface area contributed by atoms with Crippen LogP contribution in [0.15, 0.2) is 16.6 Å². The Bertz CT molecular complexity index is 586. The third kappa shape index (κ3) is 8.38. The zero-order valence-corrected chi connectivity index (χ0v) is 17.8. The molecule has 1 amide bonds. The number of alkyl carbamates (subject to hydrolysis) is 1. The molecule has 1 atom stereocenters. The van der Waals surface area contributed by atoms with Crippen molar-refractivity contribution < 1.29 is 24.1 Å². The minimum absolute atomic E-state index is 0.0945. The number of halogens is 1. The molecule has 7 heteroatoms. The second-order valence-corrected chi connectivity index (χ2v) is 8.03. The summed E-state index contributed by atoms with van der Waals surface area (Å²) in [5, 5.41) is 12.3. The highest BCUT2D eigenvalue weighted by Gasteiger charge is 2.19. The average molecular weight is 432 g/mol. The zero-order valence-electron chi connectivity index (χ0n) is 16.2. The molecule has 26 heavy (non-hydrogen) atoms. The lowest BCUT2D eigenvalue weighted by Gasteiger charge is -2.23. The quantitative estimate of drug-likeness (QED) is 0.578. The van der Waals surface area contributed by atoms with Gasteiger partial charge in [0.15, 0.2) is 0 Å². The van der Waals surface area contributed by atoms with Crippen LogP contribution in [0.5, 0.6) is 5.75 Å². The fraction of sp³-hybridized carbons (Fsp3) is 0.632. The number of aliphatic hydroxyl groups excluding tert-OH is 1. The second kappa shape index (κ2) is 10.7. The Labute approximate surface area is 164 Å². The molecule has 0 aliphatic heterocycles. The molecular weight excluding hydrogens is 402 g/mol. The first-order valence-corrected chi connectivity index (χ1v) is 9.46. The molecule has 6 nitrogen and oxygen atoms in total. The van der Waals surface area contributed by atoms with Crippen LogP contribution in [0, 0.1) is 6.92 Å². The van der Waals surface area contributed by atoms with Crippen LogP contribution >= 0.6 is 15.9 Å². The third-order valence-electron chi connectivity index (χ3n) is 3.50. The van der Waals surface area contributed by atoms with E-state index < -0.39 is 11.7 Å². The van der Waals surface area contributed by atoms with E-state index in [9.17, 15) is 9.90 Å². The Morgan fingerprint density at radius 3 is 2.62 bits per heavy atom. The molecule has 0 aliphatic carbocycles. The average Bonchev–Trinajstić information content (AvgIpc) is 2.49. The number of hydrogen-bond donors (Lipinski definition) is 2. The number of amides is 1. The van der Waals surface area contributed by atoms with Gasteiger partial charge in [0.05, 0.1) is 25.9 Å². The number of nitrogens with one attached hydrogen (secondary N) is 1. The number of carbonyl (C=O) groups excluding carboxylic acids is 1. The summed E-state index contributed by atoms with van der Waals surface area (Å²) in [6.45, 7) is 8.22. The number of methoxy groups -OCH3 is 1. The van der Waals surface area contributed by atoms with Gasteiger partial charge in [0.25, 0.3) is 0 Å². The van der Waals surface area contributed by atoms with Crippen LogP contribution in [0.2, 0.25) is 0 Å². The molecule has 0 saturated carbocycles. The van der Waals surface area contributed by atoms with E-state index in [0.29, 0.717) is 25.4 Å². The summed E-state index contributed by atoms with van der Waals surface area (Å²) >= 11 is 3.44. The Balaban J connectivity index is 2.52. The highest BCUT2D eigenvalue weighted by atomic mass is 79.9. The van der Waals surface area contributed by atoms with Crippen molar-refractivity contribution in [3.8, 4) is 5.75 Å². The Morgan fingerprint density at radius 2 is 2.04 bits per heavy atom. The largest absolute Gasteiger partial charge is 0.493 e. The first-order valence-electron chi connectivity index (χ1n) is 8.67. The highest BCUT2D eigenvalue weighted by molar-refractivity contribution is 9.10. The van der Waals surface area contributed by atoms with Crippen LogP contribution in [0.4, 0.5) is 4.79 Å². The first-order chi connectivity index (χ1) is 12.2. The topological polar surface area (TPSA) is 77.0 Å². The predicted octanol–water partition coefficient (Wildman–Crippen LogP) is 3.95. The SMILES string of the molecule is COC[C@@H](CCCOc1cc(C)cc(Br)c1CO)NC(=O)OC(C)(C)C. The lowest BCUT2D eigenvalue weighted by Crippen LogP contribution is -2.41. The van der Waals surface area contributed by atoms with Gasteiger partial charge in [0, 0.05) is 17.1 Å². The van der Waals surface area contributed by atoms with Crippen molar-refractivity contribution in [3.05, 3.63) is 27.7 Å². The van der Waals surface area contributed by atoms with Gasteiger partial charge >= 0.3 is 6.09 Å². The fourth-order valence-electron chi connectivity index (χ4n) is 2.41. The van der Waals surface area contributed by atoms with Crippen LogP contribution in [0.25, 0.3) is 0 Å². The number of rotatable bonds is 9. The summed E-state index contributed by atoms with van der Waals surface area (Å²) in [6, 6.07) is 3.69. The number of aryl methyl sites for hydroxylation is 1. The maximum atomic E-state index is 11.9. The lowest BCUT2D eigenvalue weighted by atomic mass is 10.1. The number of benzene rings is 1. The highest BCUT2D eigenvalue weighted by Crippen LogP contribution is 2.29. The van der Waals surface area contributed by atoms with E-state index in [1.807, 2.05) is 39.8 Å². The van der Waals surface area contributed by atoms with Gasteiger partial charge in [0.1, 0.15) is 11.4 Å². The van der Waals surface area contributed by atoms with Crippen LogP contribution in [-0.4, -0.2) is 43.2 Å². The number of hydrogen-bond acceptors (Lipinski definition) is 5. The standard InChI is InChI=1S/C19H30BrNO5/c1-13-9-16(20)15(11-22)17(10-13)25-8-6-7-14(12-24-5)21-18(23)26-19(2,3)4/h9-10,14,22H,6-8,11-12H2,1-5H3,(H,21,23)/t14-/m1/s1. The summed E-state index contributed by atoms with van der Waals surface area (Å²) in [6.07, 6.45) is 0.958. The Hall–Kier alpha value is -1.31. The summed E-state index contributed by atoms with van der Waals surface area (Å²) in [5.74, 6) is 0.669. The molecule has 0 bridgehead atoms. The molecule has 1 aromatic carbocycles. The maximum absolute atomic E-state index is 11.9. The van der Waals surface area contributed by atoms with Crippen molar-refractivity contribution >= 4 is 22.0 Å². The smallest absolute Gasteiger partial charge is 0.407 e. The molecule has 0 spiro atoms. The van der Waals surface area contributed by atoms with Gasteiger partial charge in [-0.05, 0) is 58.2 Å². The Kier molecular flexibility index (Phi) is 9.39. The van der Waals surface area contributed by atoms with E-state index in [4.69, 9.17) is 14.2 Å². The van der Waals surface area contributed by atoms with Gasteiger partial charge < -0.3 is 24.6 Å². The predicted molar refractivity (Wildman–Crippen MR) is 105 cm³/mol. The third-order valence-corrected chi connectivity index (χ3v) is 4.21. The van der Waals surface area contributed by atoms with E-state index in [1.54, 1.807) is 7.11 Å². The fourth-order valence-corrected chi connectivity index (χ4v) is 3.09. The van der Waals surface area contributed by atoms with Gasteiger partial charge in [-0.1, -0.05) is 15.9 Å². The van der Waals surface area contributed by atoms with E-state index >= 15 is 0 Å². The molecule has 1 aromatic rings. The van der Waals surface area contributed by atoms with Crippen molar-refractivity contribution in [2.75, 3.05) is 20.3 Å². The van der Waals surface area contributed by atoms with Crippen LogP contribution in [0.1, 0.15) is 44.7 Å². The summed E-state index contributed by atoms with van der Waals surface area (Å²) in [5.41, 5.74) is 1.24. The molecule has 1 rings (SSSR count). The molecule has 0 aliphatic rings. The molecule has 0 heterocycles. The first kappa shape index (κ1) is 22.7. The van der Waals surface area contributed by atoms with Crippen LogP contribution < -0.4 is 10.1 Å². The van der Waals surface area contributed by atoms with E-state index in [1.165, 1.54) is 0 Å². The molecule has 0 saturated heterocycles. The van der Waals surface area contributed by atoms with Crippen molar-refractivity contribution in [1.82, 2.24) is 5.32 Å². The minimum Gasteiger partial charge on any atom is -0.493 e. The summed E-state index contributed by atoms with van der Waals surface area (Å²) in [4.78, 5) is 11.9. The van der Waals surface area contributed by atoms with Gasteiger partial charge in [-0.25, -0.2) is 4.79 Å². The molecule has 0 radical (unpaired) electrons. The Morgan fingerprint density at radius 1 is 1.35 bits per heavy atom. The van der Waals surface area contributed by atoms with Crippen LogP contribution in [-0.2, 0) is 16.1 Å². The molecular formula is C19H30BrNO5. The molecule has 0 aromatic heterocycles. The molecule has 0 unspecified atom stereocenters. The van der Waals surface area contributed by atoms with Crippen molar-refractivity contribution in [3.63, 3.8) is 0 Å². The zero-order chi connectivity index (χ0) is 19.7. The second-order valence-electron chi connectivity index (χ2n) is 7.17. The van der Waals surface area contributed by atoms with Crippen molar-refractivity contribution in [2.24, 2.45) is 0 Å². The van der Waals surface area contributed by atoms with Crippen LogP contribution in [0.3, 0.4) is 0 Å².